The molecular weight excluding hydrogens is 559 g/mol. The number of rotatable bonds is 8. The summed E-state index contributed by atoms with van der Waals surface area (Å²) in [7, 11) is -3.72. The molecule has 2 saturated heterocycles. The fourth-order valence-electron chi connectivity index (χ4n) is 5.62. The van der Waals surface area contributed by atoms with Gasteiger partial charge >= 0.3 is 0 Å². The number of sulfonamides is 1. The molecule has 1 saturated carbocycles. The predicted molar refractivity (Wildman–Crippen MR) is 149 cm³/mol. The highest BCUT2D eigenvalue weighted by atomic mass is 32.2. The molecule has 3 fully saturated rings. The number of benzene rings is 1. The summed E-state index contributed by atoms with van der Waals surface area (Å²) in [6.07, 6.45) is 5.57. The molecule has 0 atom stereocenters. The number of alkyl halides is 2. The van der Waals surface area contributed by atoms with Gasteiger partial charge in [-0.15, -0.1) is 5.10 Å². The van der Waals surface area contributed by atoms with E-state index in [2.05, 4.69) is 24.9 Å². The Morgan fingerprint density at radius 1 is 0.902 bits per heavy atom. The molecule has 1 aliphatic carbocycles. The van der Waals surface area contributed by atoms with Crippen molar-refractivity contribution in [2.24, 2.45) is 5.41 Å². The van der Waals surface area contributed by atoms with Crippen LogP contribution in [0.15, 0.2) is 36.5 Å². The van der Waals surface area contributed by atoms with Crippen molar-refractivity contribution in [3.8, 4) is 17.1 Å². The Kier molecular flexibility index (Phi) is 7.09. The van der Waals surface area contributed by atoms with Crippen molar-refractivity contribution in [2.75, 3.05) is 53.1 Å². The molecule has 2 aliphatic heterocycles. The van der Waals surface area contributed by atoms with Crippen LogP contribution in [0.25, 0.3) is 17.1 Å². The molecule has 0 radical (unpaired) electrons. The Hall–Kier alpha value is -3.39. The molecule has 1 spiro atoms. The Morgan fingerprint density at radius 3 is 2.29 bits per heavy atom. The lowest BCUT2D eigenvalue weighted by atomic mass is 9.93. The van der Waals surface area contributed by atoms with E-state index in [1.54, 1.807) is 34.0 Å². The number of halogens is 3. The first-order valence-corrected chi connectivity index (χ1v) is 15.4. The van der Waals surface area contributed by atoms with E-state index in [9.17, 15) is 21.6 Å². The number of nitrogens with zero attached hydrogens (tertiary/aromatic N) is 6. The van der Waals surface area contributed by atoms with Gasteiger partial charge in [-0.25, -0.2) is 31.3 Å². The highest BCUT2D eigenvalue weighted by Gasteiger charge is 2.44. The van der Waals surface area contributed by atoms with Crippen LogP contribution in [0, 0.1) is 11.2 Å². The first-order chi connectivity index (χ1) is 19.5. The Balaban J connectivity index is 1.30. The monoisotopic (exact) mass is 591 g/mol. The minimum absolute atomic E-state index is 0.0739. The van der Waals surface area contributed by atoms with Crippen molar-refractivity contribution in [1.82, 2.24) is 20.0 Å². The minimum atomic E-state index is -3.72. The Bertz CT molecular complexity index is 1520. The molecule has 1 aromatic carbocycles. The number of aromatic nitrogens is 4. The van der Waals surface area contributed by atoms with Crippen LogP contribution < -0.4 is 14.5 Å². The maximum atomic E-state index is 14.6. The number of hydrogen-bond donors (Lipinski definition) is 2. The maximum Gasteiger partial charge on any atom is 0.251 e. The van der Waals surface area contributed by atoms with Gasteiger partial charge in [-0.05, 0) is 49.3 Å². The summed E-state index contributed by atoms with van der Waals surface area (Å²) < 4.78 is 70.6. The quantitative estimate of drug-likeness (QED) is 0.406. The standard InChI is InChI=1S/C27H32F3N7O3S/c28-19-15-21(31-25(16-19)36-11-7-27(29,30)8-12-36)22-18-37(34-32-22)23-2-1-20(33-41(39,40)14-13-38)17-24(23)35-9-5-26(3-4-26)6-10-35/h1-2,15-18,33,38H,3-14H2. The zero-order valence-electron chi connectivity index (χ0n) is 22.4. The SMILES string of the molecule is O=S(=O)(CCO)Nc1ccc(-n2cc(-c3cc(F)cc(N4CCC(F)(F)CC4)n3)nn2)c(N2CCC3(CC2)CC3)c1. The average Bonchev–Trinajstić information content (AvgIpc) is 3.48. The normalized spacial score (nSPS) is 19.9. The van der Waals surface area contributed by atoms with Crippen LogP contribution in [-0.2, 0) is 10.0 Å². The highest BCUT2D eigenvalue weighted by Crippen LogP contribution is 2.54. The average molecular weight is 592 g/mol. The van der Waals surface area contributed by atoms with Gasteiger partial charge in [0.2, 0.25) is 10.0 Å². The highest BCUT2D eigenvalue weighted by molar-refractivity contribution is 7.92. The van der Waals surface area contributed by atoms with Gasteiger partial charge in [-0.2, -0.15) is 0 Å². The second-order valence-corrected chi connectivity index (χ2v) is 13.1. The molecule has 6 rings (SSSR count). The molecule has 2 aromatic heterocycles. The first kappa shape index (κ1) is 27.8. The molecule has 4 heterocycles. The summed E-state index contributed by atoms with van der Waals surface area (Å²) in [6.45, 7) is 1.28. The zero-order valence-corrected chi connectivity index (χ0v) is 23.3. The van der Waals surface area contributed by atoms with Gasteiger partial charge in [0, 0.05) is 51.2 Å². The first-order valence-electron chi connectivity index (χ1n) is 13.8. The van der Waals surface area contributed by atoms with Gasteiger partial charge in [-0.3, -0.25) is 4.72 Å². The van der Waals surface area contributed by atoms with E-state index in [4.69, 9.17) is 5.11 Å². The van der Waals surface area contributed by atoms with Crippen molar-refractivity contribution in [2.45, 2.75) is 44.4 Å². The van der Waals surface area contributed by atoms with Crippen LogP contribution in [0.5, 0.6) is 0 Å². The second-order valence-electron chi connectivity index (χ2n) is 11.3. The third-order valence-electron chi connectivity index (χ3n) is 8.33. The van der Waals surface area contributed by atoms with E-state index < -0.39 is 34.1 Å². The summed E-state index contributed by atoms with van der Waals surface area (Å²) in [6, 6.07) is 7.57. The maximum absolute atomic E-state index is 14.6. The number of aliphatic hydroxyl groups excluding tert-OH is 1. The molecule has 3 aliphatic rings. The van der Waals surface area contributed by atoms with Crippen LogP contribution in [0.2, 0.25) is 0 Å². The summed E-state index contributed by atoms with van der Waals surface area (Å²) in [4.78, 5) is 8.36. The fourth-order valence-corrected chi connectivity index (χ4v) is 6.45. The molecule has 0 unspecified atom stereocenters. The summed E-state index contributed by atoms with van der Waals surface area (Å²) in [5, 5.41) is 17.6. The van der Waals surface area contributed by atoms with Crippen molar-refractivity contribution in [3.63, 3.8) is 0 Å². The zero-order chi connectivity index (χ0) is 28.8. The topological polar surface area (TPSA) is 116 Å². The van der Waals surface area contributed by atoms with Gasteiger partial charge in [-0.1, -0.05) is 5.21 Å². The number of anilines is 3. The number of hydrogen-bond acceptors (Lipinski definition) is 8. The molecule has 2 N–H and O–H groups in total. The molecule has 14 heteroatoms. The molecule has 3 aromatic rings. The molecule has 0 bridgehead atoms. The van der Waals surface area contributed by atoms with Crippen LogP contribution in [0.4, 0.5) is 30.4 Å². The molecule has 0 amide bonds. The number of piperidine rings is 2. The van der Waals surface area contributed by atoms with Gasteiger partial charge in [0.05, 0.1) is 41.3 Å². The van der Waals surface area contributed by atoms with Crippen LogP contribution in [0.1, 0.15) is 38.5 Å². The summed E-state index contributed by atoms with van der Waals surface area (Å²) in [5.74, 6) is -3.42. The molecule has 220 valence electrons. The van der Waals surface area contributed by atoms with Gasteiger partial charge < -0.3 is 14.9 Å². The van der Waals surface area contributed by atoms with Crippen molar-refractivity contribution in [3.05, 3.63) is 42.3 Å². The lowest BCUT2D eigenvalue weighted by Gasteiger charge is -2.35. The smallest absolute Gasteiger partial charge is 0.251 e. The van der Waals surface area contributed by atoms with Crippen molar-refractivity contribution in [1.29, 1.82) is 0 Å². The lowest BCUT2D eigenvalue weighted by Crippen LogP contribution is -2.39. The van der Waals surface area contributed by atoms with Crippen LogP contribution >= 0.6 is 0 Å². The fraction of sp³-hybridized carbons (Fsp3) is 0.519. The van der Waals surface area contributed by atoms with Gasteiger partial charge in [0.25, 0.3) is 5.92 Å². The minimum Gasteiger partial charge on any atom is -0.395 e. The summed E-state index contributed by atoms with van der Waals surface area (Å²) >= 11 is 0. The van der Waals surface area contributed by atoms with Crippen molar-refractivity contribution < 1.29 is 26.7 Å². The van der Waals surface area contributed by atoms with E-state index in [0.717, 1.165) is 31.6 Å². The number of nitrogens with one attached hydrogen (secondary N) is 1. The van der Waals surface area contributed by atoms with E-state index in [0.29, 0.717) is 22.5 Å². The number of aliphatic hydroxyl groups is 1. The van der Waals surface area contributed by atoms with E-state index >= 15 is 0 Å². The third kappa shape index (κ3) is 6.13. The number of pyridine rings is 1. The Labute approximate surface area is 236 Å². The predicted octanol–water partition coefficient (Wildman–Crippen LogP) is 3.82. The molecule has 41 heavy (non-hydrogen) atoms. The van der Waals surface area contributed by atoms with Crippen LogP contribution in [-0.4, -0.2) is 78.0 Å². The van der Waals surface area contributed by atoms with Crippen molar-refractivity contribution >= 4 is 27.2 Å². The Morgan fingerprint density at radius 2 is 1.61 bits per heavy atom. The second kappa shape index (κ2) is 10.5. The van der Waals surface area contributed by atoms with Gasteiger partial charge in [0.1, 0.15) is 17.3 Å². The molecule has 10 nitrogen and oxygen atoms in total. The van der Waals surface area contributed by atoms with Crippen LogP contribution in [0.3, 0.4) is 0 Å². The third-order valence-corrected chi connectivity index (χ3v) is 9.60. The van der Waals surface area contributed by atoms with E-state index in [1.165, 1.54) is 25.0 Å². The van der Waals surface area contributed by atoms with E-state index in [1.807, 2.05) is 0 Å². The molecular formula is C27H32F3N7O3S. The summed E-state index contributed by atoms with van der Waals surface area (Å²) in [5.41, 5.74) is 2.77. The van der Waals surface area contributed by atoms with Gasteiger partial charge in [0.15, 0.2) is 0 Å². The largest absolute Gasteiger partial charge is 0.395 e. The lowest BCUT2D eigenvalue weighted by molar-refractivity contribution is -0.0221. The van der Waals surface area contributed by atoms with E-state index in [-0.39, 0.29) is 37.4 Å².